The maximum atomic E-state index is 13.5. The minimum absolute atomic E-state index is 0.0572. The van der Waals surface area contributed by atoms with Crippen molar-refractivity contribution in [1.82, 2.24) is 15.5 Å². The van der Waals surface area contributed by atoms with Crippen LogP contribution in [0.4, 0.5) is 8.78 Å². The number of benzene rings is 3. The fourth-order valence-corrected chi connectivity index (χ4v) is 4.83. The Morgan fingerprint density at radius 2 is 1.75 bits per heavy atom. The molecule has 1 aliphatic heterocycles. The van der Waals surface area contributed by atoms with E-state index >= 15 is 0 Å². The van der Waals surface area contributed by atoms with Gasteiger partial charge in [-0.05, 0) is 61.6 Å². The first-order valence-electron chi connectivity index (χ1n) is 13.0. The largest absolute Gasteiger partial charge is 0.508 e. The lowest BCUT2D eigenvalue weighted by molar-refractivity contribution is -0.146. The number of aromatic hydroxyl groups is 1. The topological polar surface area (TPSA) is 119 Å². The number of amides is 3. The minimum atomic E-state index is -1.67. The number of phenolic OH excluding ortho intramolecular Hbond substituents is 1. The molecule has 1 aliphatic rings. The van der Waals surface area contributed by atoms with Gasteiger partial charge < -0.3 is 25.7 Å². The second-order valence-corrected chi connectivity index (χ2v) is 9.82. The summed E-state index contributed by atoms with van der Waals surface area (Å²) in [4.78, 5) is 40.9. The fourth-order valence-electron chi connectivity index (χ4n) is 4.83. The van der Waals surface area contributed by atoms with E-state index in [9.17, 15) is 33.4 Å². The van der Waals surface area contributed by atoms with Crippen LogP contribution in [0.2, 0.25) is 0 Å². The Labute approximate surface area is 230 Å². The van der Waals surface area contributed by atoms with Crippen LogP contribution in [0, 0.1) is 18.6 Å². The highest BCUT2D eigenvalue weighted by Gasteiger charge is 2.39. The van der Waals surface area contributed by atoms with E-state index in [2.05, 4.69) is 10.6 Å². The van der Waals surface area contributed by atoms with Crippen molar-refractivity contribution < 1.29 is 33.4 Å². The van der Waals surface area contributed by atoms with Crippen LogP contribution in [0.25, 0.3) is 0 Å². The van der Waals surface area contributed by atoms with E-state index in [1.54, 1.807) is 31.2 Å². The average molecular weight is 552 g/mol. The number of likely N-dealkylation sites (tertiary alicyclic amines) is 1. The van der Waals surface area contributed by atoms with Crippen LogP contribution in [-0.4, -0.2) is 57.6 Å². The quantitative estimate of drug-likeness (QED) is 0.326. The number of halogens is 2. The average Bonchev–Trinajstić information content (AvgIpc) is 3.44. The molecule has 3 atom stereocenters. The molecule has 0 spiro atoms. The molecular formula is C30H31F2N3O5. The monoisotopic (exact) mass is 551 g/mol. The van der Waals surface area contributed by atoms with Gasteiger partial charge in [0.05, 0.1) is 6.04 Å². The lowest BCUT2D eigenvalue weighted by atomic mass is 9.98. The molecule has 4 rings (SSSR count). The molecule has 3 amide bonds. The Hall–Kier alpha value is -4.31. The molecule has 0 saturated carbocycles. The Kier molecular flexibility index (Phi) is 9.11. The molecule has 1 fully saturated rings. The van der Waals surface area contributed by atoms with Crippen LogP contribution in [0.15, 0.2) is 66.7 Å². The molecule has 210 valence electrons. The number of hydrogen-bond donors (Lipinski definition) is 4. The Balaban J connectivity index is 1.49. The summed E-state index contributed by atoms with van der Waals surface area (Å²) in [5.41, 5.74) is 1.69. The zero-order valence-corrected chi connectivity index (χ0v) is 21.9. The van der Waals surface area contributed by atoms with E-state index in [4.69, 9.17) is 0 Å². The van der Waals surface area contributed by atoms with Crippen LogP contribution in [-0.2, 0) is 22.6 Å². The van der Waals surface area contributed by atoms with Crippen molar-refractivity contribution >= 4 is 17.7 Å². The molecule has 3 aromatic rings. The third-order valence-corrected chi connectivity index (χ3v) is 7.09. The Morgan fingerprint density at radius 1 is 1.00 bits per heavy atom. The molecule has 0 radical (unpaired) electrons. The van der Waals surface area contributed by atoms with Crippen molar-refractivity contribution in [1.29, 1.82) is 0 Å². The van der Waals surface area contributed by atoms with Crippen molar-refractivity contribution in [3.63, 3.8) is 0 Å². The van der Waals surface area contributed by atoms with Crippen molar-refractivity contribution in [3.8, 4) is 5.75 Å². The van der Waals surface area contributed by atoms with Gasteiger partial charge in [-0.3, -0.25) is 14.4 Å². The summed E-state index contributed by atoms with van der Waals surface area (Å²) in [6, 6.07) is 15.0. The van der Waals surface area contributed by atoms with Crippen LogP contribution >= 0.6 is 0 Å². The van der Waals surface area contributed by atoms with Crippen molar-refractivity contribution in [2.45, 2.75) is 50.9 Å². The van der Waals surface area contributed by atoms with Gasteiger partial charge in [-0.1, -0.05) is 42.5 Å². The molecule has 0 unspecified atom stereocenters. The third kappa shape index (κ3) is 6.63. The maximum Gasteiger partial charge on any atom is 0.254 e. The number of hydrogen-bond acceptors (Lipinski definition) is 5. The summed E-state index contributed by atoms with van der Waals surface area (Å²) in [6.45, 7) is 1.76. The SMILES string of the molecule is Cc1c(O)cccc1C(=O)N[C@@H](Cc1ccccc1)[C@H](O)C(=O)N1CCC[C@H]1C(=O)NCc1ccc(F)c(F)c1. The van der Waals surface area contributed by atoms with Crippen molar-refractivity contribution in [2.75, 3.05) is 6.54 Å². The molecule has 3 aromatic carbocycles. The molecule has 0 aliphatic carbocycles. The third-order valence-electron chi connectivity index (χ3n) is 7.09. The Bertz CT molecular complexity index is 1390. The van der Waals surface area contributed by atoms with Crippen LogP contribution in [0.1, 0.15) is 39.9 Å². The number of aliphatic hydroxyl groups is 1. The zero-order chi connectivity index (χ0) is 28.8. The van der Waals surface area contributed by atoms with Gasteiger partial charge in [-0.25, -0.2) is 8.78 Å². The van der Waals surface area contributed by atoms with E-state index in [1.165, 1.54) is 29.2 Å². The second-order valence-electron chi connectivity index (χ2n) is 9.82. The fraction of sp³-hybridized carbons (Fsp3) is 0.300. The first-order valence-corrected chi connectivity index (χ1v) is 13.0. The summed E-state index contributed by atoms with van der Waals surface area (Å²) in [6.07, 6.45) is -0.639. The lowest BCUT2D eigenvalue weighted by Gasteiger charge is -2.30. The summed E-state index contributed by atoms with van der Waals surface area (Å²) in [5, 5.41) is 26.6. The van der Waals surface area contributed by atoms with Crippen molar-refractivity contribution in [2.24, 2.45) is 0 Å². The zero-order valence-electron chi connectivity index (χ0n) is 21.9. The molecule has 0 bridgehead atoms. The van der Waals surface area contributed by atoms with Crippen molar-refractivity contribution in [3.05, 3.63) is 101 Å². The smallest absolute Gasteiger partial charge is 0.254 e. The van der Waals surface area contributed by atoms with Gasteiger partial charge >= 0.3 is 0 Å². The molecule has 8 nitrogen and oxygen atoms in total. The summed E-state index contributed by atoms with van der Waals surface area (Å²) >= 11 is 0. The highest BCUT2D eigenvalue weighted by Crippen LogP contribution is 2.22. The standard InChI is InChI=1S/C30H31F2N3O5/c1-18-21(9-5-11-26(18)36)28(38)34-24(16-19-7-3-2-4-8-19)27(37)30(40)35-14-6-10-25(35)29(39)33-17-20-12-13-22(31)23(32)15-20/h2-5,7-9,11-13,15,24-25,27,36-37H,6,10,14,16-17H2,1H3,(H,33,39)(H,34,38)/t24-,25-,27-/m0/s1. The molecule has 0 aromatic heterocycles. The molecular weight excluding hydrogens is 520 g/mol. The predicted molar refractivity (Wildman–Crippen MR) is 143 cm³/mol. The predicted octanol–water partition coefficient (Wildman–Crippen LogP) is 2.99. The highest BCUT2D eigenvalue weighted by atomic mass is 19.2. The minimum Gasteiger partial charge on any atom is -0.508 e. The number of carbonyl (C=O) groups is 3. The van der Waals surface area contributed by atoms with E-state index in [0.717, 1.165) is 17.7 Å². The molecule has 40 heavy (non-hydrogen) atoms. The van der Waals surface area contributed by atoms with Crippen LogP contribution < -0.4 is 10.6 Å². The van der Waals surface area contributed by atoms with Gasteiger partial charge in [0.25, 0.3) is 11.8 Å². The first kappa shape index (κ1) is 28.7. The number of rotatable bonds is 9. The number of nitrogens with one attached hydrogen (secondary N) is 2. The van der Waals surface area contributed by atoms with Crippen LogP contribution in [0.5, 0.6) is 5.75 Å². The summed E-state index contributed by atoms with van der Waals surface area (Å²) in [7, 11) is 0. The van der Waals surface area contributed by atoms with Gasteiger partial charge in [0.2, 0.25) is 5.91 Å². The van der Waals surface area contributed by atoms with Gasteiger partial charge in [-0.15, -0.1) is 0 Å². The van der Waals surface area contributed by atoms with E-state index in [-0.39, 0.29) is 30.8 Å². The highest BCUT2D eigenvalue weighted by molar-refractivity contribution is 5.97. The molecule has 4 N–H and O–H groups in total. The lowest BCUT2D eigenvalue weighted by Crippen LogP contribution is -2.55. The first-order chi connectivity index (χ1) is 19.2. The van der Waals surface area contributed by atoms with Crippen LogP contribution in [0.3, 0.4) is 0 Å². The molecule has 1 saturated heterocycles. The van der Waals surface area contributed by atoms with Gasteiger partial charge in [-0.2, -0.15) is 0 Å². The summed E-state index contributed by atoms with van der Waals surface area (Å²) < 4.78 is 26.7. The number of carbonyl (C=O) groups excluding carboxylic acids is 3. The van der Waals surface area contributed by atoms with E-state index in [1.807, 2.05) is 6.07 Å². The normalized spacial score (nSPS) is 16.3. The van der Waals surface area contributed by atoms with Gasteiger partial charge in [0.1, 0.15) is 11.8 Å². The second kappa shape index (κ2) is 12.7. The van der Waals surface area contributed by atoms with E-state index < -0.39 is 47.5 Å². The summed E-state index contributed by atoms with van der Waals surface area (Å²) in [5.74, 6) is -3.84. The van der Waals surface area contributed by atoms with E-state index in [0.29, 0.717) is 24.0 Å². The number of aliphatic hydroxyl groups excluding tert-OH is 1. The van der Waals surface area contributed by atoms with Gasteiger partial charge in [0, 0.05) is 24.2 Å². The number of phenols is 1. The maximum absolute atomic E-state index is 13.5. The molecule has 1 heterocycles. The molecule has 10 heteroatoms. The Morgan fingerprint density at radius 3 is 2.48 bits per heavy atom. The number of nitrogens with zero attached hydrogens (tertiary/aromatic N) is 1. The van der Waals surface area contributed by atoms with Gasteiger partial charge in [0.15, 0.2) is 17.7 Å².